The number of hydrogen-bond acceptors (Lipinski definition) is 7. The number of fused-ring (bicyclic) bond motifs is 1. The molecule has 218 valence electrons. The fourth-order valence-corrected chi connectivity index (χ4v) is 4.96. The van der Waals surface area contributed by atoms with Crippen molar-refractivity contribution in [1.82, 2.24) is 20.2 Å². The van der Waals surface area contributed by atoms with Crippen molar-refractivity contribution < 1.29 is 19.4 Å². The third-order valence-electron chi connectivity index (χ3n) is 7.34. The lowest BCUT2D eigenvalue weighted by Gasteiger charge is -2.24. The van der Waals surface area contributed by atoms with Crippen LogP contribution in [0.15, 0.2) is 60.8 Å². The predicted octanol–water partition coefficient (Wildman–Crippen LogP) is 4.05. The van der Waals surface area contributed by atoms with Gasteiger partial charge in [0, 0.05) is 31.5 Å². The average molecular weight is 560 g/mol. The van der Waals surface area contributed by atoms with Crippen LogP contribution in [0.2, 0.25) is 0 Å². The van der Waals surface area contributed by atoms with E-state index in [9.17, 15) is 14.7 Å². The van der Waals surface area contributed by atoms with Crippen LogP contribution in [0.5, 0.6) is 5.75 Å². The highest BCUT2D eigenvalue weighted by molar-refractivity contribution is 5.84. The maximum atomic E-state index is 12.6. The van der Waals surface area contributed by atoms with E-state index in [0.29, 0.717) is 31.8 Å². The number of nitrogens with one attached hydrogen (secondary N) is 2. The summed E-state index contributed by atoms with van der Waals surface area (Å²) in [5.41, 5.74) is 3.94. The Kier molecular flexibility index (Phi) is 11.5. The minimum atomic E-state index is -1.04. The Labute approximate surface area is 242 Å². The number of carboxylic acid groups (broad SMARTS) is 1. The minimum Gasteiger partial charge on any atom is -0.492 e. The molecule has 9 heteroatoms. The van der Waals surface area contributed by atoms with Gasteiger partial charge in [0.1, 0.15) is 24.2 Å². The smallest absolute Gasteiger partial charge is 0.326 e. The summed E-state index contributed by atoms with van der Waals surface area (Å²) in [6.07, 6.45) is 7.03. The standard InChI is InChI=1S/C32H41N5O4/c1-24-9-7-17-33-29(24)23-30(38)36-28(32(39)40)16-20-37(21-22-41-27-12-3-2-4-13-27)19-6-5-11-26-15-14-25-10-8-18-34-31(25)35-26/h2-4,7,9,12-15,17,28H,5-6,8,10-11,16,18-23H2,1H3,(H,34,35)(H,36,38)(H,39,40)/t28-/m0/s1. The summed E-state index contributed by atoms with van der Waals surface area (Å²) in [5.74, 6) is 0.447. The van der Waals surface area contributed by atoms with Crippen LogP contribution in [0, 0.1) is 6.92 Å². The third-order valence-corrected chi connectivity index (χ3v) is 7.34. The Morgan fingerprint density at radius 3 is 2.73 bits per heavy atom. The molecule has 0 unspecified atom stereocenters. The van der Waals surface area contributed by atoms with Gasteiger partial charge in [-0.3, -0.25) is 14.7 Å². The number of ether oxygens (including phenoxy) is 1. The molecule has 3 heterocycles. The van der Waals surface area contributed by atoms with Crippen molar-refractivity contribution in [1.29, 1.82) is 0 Å². The van der Waals surface area contributed by atoms with Gasteiger partial charge in [-0.05, 0) is 87.4 Å². The summed E-state index contributed by atoms with van der Waals surface area (Å²) in [4.78, 5) is 35.9. The number of para-hydroxylation sites is 1. The fourth-order valence-electron chi connectivity index (χ4n) is 4.96. The van der Waals surface area contributed by atoms with E-state index in [1.54, 1.807) is 6.20 Å². The number of amides is 1. The van der Waals surface area contributed by atoms with E-state index in [2.05, 4.69) is 32.7 Å². The van der Waals surface area contributed by atoms with Crippen LogP contribution < -0.4 is 15.4 Å². The number of anilines is 1. The van der Waals surface area contributed by atoms with Crippen LogP contribution in [0.1, 0.15) is 48.2 Å². The molecule has 0 aliphatic carbocycles. The summed E-state index contributed by atoms with van der Waals surface area (Å²) in [6, 6.07) is 16.7. The van der Waals surface area contributed by atoms with Gasteiger partial charge >= 0.3 is 5.97 Å². The number of carboxylic acids is 1. The summed E-state index contributed by atoms with van der Waals surface area (Å²) in [5, 5.41) is 15.9. The Morgan fingerprint density at radius 1 is 1.07 bits per heavy atom. The number of carbonyl (C=O) groups excluding carboxylic acids is 1. The number of nitrogens with zero attached hydrogens (tertiary/aromatic N) is 3. The fraction of sp³-hybridized carbons (Fsp3) is 0.438. The molecule has 3 aromatic rings. The van der Waals surface area contributed by atoms with Crippen LogP contribution in [0.3, 0.4) is 0 Å². The van der Waals surface area contributed by atoms with E-state index in [-0.39, 0.29) is 12.3 Å². The summed E-state index contributed by atoms with van der Waals surface area (Å²) in [7, 11) is 0. The van der Waals surface area contributed by atoms with Crippen molar-refractivity contribution in [3.63, 3.8) is 0 Å². The van der Waals surface area contributed by atoms with Gasteiger partial charge < -0.3 is 20.5 Å². The summed E-state index contributed by atoms with van der Waals surface area (Å²) >= 11 is 0. The minimum absolute atomic E-state index is 0.0529. The first-order valence-electron chi connectivity index (χ1n) is 14.5. The first-order valence-corrected chi connectivity index (χ1v) is 14.5. The van der Waals surface area contributed by atoms with Crippen molar-refractivity contribution >= 4 is 17.7 Å². The van der Waals surface area contributed by atoms with E-state index in [1.165, 1.54) is 5.56 Å². The monoisotopic (exact) mass is 559 g/mol. The molecule has 0 spiro atoms. The number of benzene rings is 1. The van der Waals surface area contributed by atoms with Crippen LogP contribution >= 0.6 is 0 Å². The highest BCUT2D eigenvalue weighted by atomic mass is 16.5. The Bertz CT molecular complexity index is 1270. The first-order chi connectivity index (χ1) is 20.0. The number of hydrogen-bond donors (Lipinski definition) is 3. The molecule has 0 fully saturated rings. The Morgan fingerprint density at radius 2 is 1.93 bits per heavy atom. The number of rotatable bonds is 16. The van der Waals surface area contributed by atoms with E-state index in [1.807, 2.05) is 49.4 Å². The maximum absolute atomic E-state index is 12.6. The van der Waals surface area contributed by atoms with E-state index < -0.39 is 12.0 Å². The van der Waals surface area contributed by atoms with E-state index >= 15 is 0 Å². The molecule has 9 nitrogen and oxygen atoms in total. The Hall–Kier alpha value is -3.98. The highest BCUT2D eigenvalue weighted by Gasteiger charge is 2.22. The Balaban J connectivity index is 1.28. The van der Waals surface area contributed by atoms with Gasteiger partial charge in [-0.2, -0.15) is 0 Å². The largest absolute Gasteiger partial charge is 0.492 e. The molecule has 0 saturated heterocycles. The zero-order valence-electron chi connectivity index (χ0n) is 23.8. The lowest BCUT2D eigenvalue weighted by atomic mass is 10.1. The molecule has 2 aromatic heterocycles. The van der Waals surface area contributed by atoms with Crippen molar-refractivity contribution in [3.8, 4) is 5.75 Å². The molecule has 41 heavy (non-hydrogen) atoms. The van der Waals surface area contributed by atoms with E-state index in [4.69, 9.17) is 9.72 Å². The number of aliphatic carboxylic acids is 1. The van der Waals surface area contributed by atoms with Gasteiger partial charge in [0.05, 0.1) is 12.1 Å². The molecule has 0 radical (unpaired) electrons. The molecule has 1 aliphatic heterocycles. The van der Waals surface area contributed by atoms with Crippen molar-refractivity contribution in [3.05, 3.63) is 83.3 Å². The SMILES string of the molecule is Cc1cccnc1CC(=O)N[C@@H](CCN(CCCCc1ccc2c(n1)NCCC2)CCOc1ccccc1)C(=O)O. The van der Waals surface area contributed by atoms with E-state index in [0.717, 1.165) is 68.0 Å². The first kappa shape index (κ1) is 30.0. The third kappa shape index (κ3) is 9.86. The second kappa shape index (κ2) is 15.7. The number of carbonyl (C=O) groups is 2. The number of aryl methyl sites for hydroxylation is 3. The second-order valence-corrected chi connectivity index (χ2v) is 10.5. The van der Waals surface area contributed by atoms with Gasteiger partial charge in [-0.1, -0.05) is 30.3 Å². The predicted molar refractivity (Wildman–Crippen MR) is 159 cm³/mol. The van der Waals surface area contributed by atoms with Gasteiger partial charge in [0.2, 0.25) is 5.91 Å². The van der Waals surface area contributed by atoms with Crippen molar-refractivity contribution in [2.75, 3.05) is 38.1 Å². The summed E-state index contributed by atoms with van der Waals surface area (Å²) < 4.78 is 5.91. The second-order valence-electron chi connectivity index (χ2n) is 10.5. The molecule has 4 rings (SSSR count). The molecule has 1 atom stereocenters. The molecule has 0 bridgehead atoms. The lowest BCUT2D eigenvalue weighted by Crippen LogP contribution is -2.44. The quantitative estimate of drug-likeness (QED) is 0.225. The molecule has 1 amide bonds. The van der Waals surface area contributed by atoms with Crippen LogP contribution in [-0.2, 0) is 28.9 Å². The molecule has 3 N–H and O–H groups in total. The van der Waals surface area contributed by atoms with Gasteiger partial charge in [-0.15, -0.1) is 0 Å². The summed E-state index contributed by atoms with van der Waals surface area (Å²) in [6.45, 7) is 5.34. The molecule has 1 aromatic carbocycles. The van der Waals surface area contributed by atoms with Gasteiger partial charge in [-0.25, -0.2) is 9.78 Å². The molecular weight excluding hydrogens is 518 g/mol. The maximum Gasteiger partial charge on any atom is 0.326 e. The number of aromatic nitrogens is 2. The molecule has 1 aliphatic rings. The van der Waals surface area contributed by atoms with Gasteiger partial charge in [0.15, 0.2) is 0 Å². The zero-order valence-corrected chi connectivity index (χ0v) is 23.8. The molecular formula is C32H41N5O4. The van der Waals surface area contributed by atoms with Crippen molar-refractivity contribution in [2.45, 2.75) is 57.9 Å². The van der Waals surface area contributed by atoms with Crippen molar-refractivity contribution in [2.24, 2.45) is 0 Å². The lowest BCUT2D eigenvalue weighted by molar-refractivity contribution is -0.142. The van der Waals surface area contributed by atoms with Crippen LogP contribution in [0.4, 0.5) is 5.82 Å². The highest BCUT2D eigenvalue weighted by Crippen LogP contribution is 2.20. The average Bonchev–Trinajstić information content (AvgIpc) is 2.98. The van der Waals surface area contributed by atoms with Gasteiger partial charge in [0.25, 0.3) is 0 Å². The normalized spacial score (nSPS) is 13.2. The number of unbranched alkanes of at least 4 members (excludes halogenated alkanes) is 1. The number of pyridine rings is 2. The zero-order chi connectivity index (χ0) is 28.9. The topological polar surface area (TPSA) is 117 Å². The van der Waals surface area contributed by atoms with Crippen LogP contribution in [0.25, 0.3) is 0 Å². The van der Waals surface area contributed by atoms with Crippen LogP contribution in [-0.4, -0.2) is 70.7 Å². The molecule has 0 saturated carbocycles.